The molecule has 29 heavy (non-hydrogen) atoms. The third-order valence-corrected chi connectivity index (χ3v) is 4.69. The number of alkyl carbamates (subject to hydrolysis) is 1. The van der Waals surface area contributed by atoms with Gasteiger partial charge in [0.2, 0.25) is 5.91 Å². The lowest BCUT2D eigenvalue weighted by Gasteiger charge is -2.42. The summed E-state index contributed by atoms with van der Waals surface area (Å²) in [6.45, 7) is 11.5. The maximum atomic E-state index is 13.1. The molecule has 1 rings (SSSR count). The van der Waals surface area contributed by atoms with Crippen LogP contribution in [0.3, 0.4) is 0 Å². The predicted octanol–water partition coefficient (Wildman–Crippen LogP) is 2.32. The average Bonchev–Trinajstić information content (AvgIpc) is 3.33. The van der Waals surface area contributed by atoms with E-state index in [9.17, 15) is 24.3 Å². The number of ether oxygens (including phenoxy) is 2. The zero-order valence-corrected chi connectivity index (χ0v) is 18.5. The molecule has 166 valence electrons. The van der Waals surface area contributed by atoms with Gasteiger partial charge in [-0.15, -0.1) is 0 Å². The second-order valence-electron chi connectivity index (χ2n) is 9.32. The number of carbonyl (C=O) groups excluding carboxylic acids is 3. The largest absolute Gasteiger partial charge is 0.479 e. The van der Waals surface area contributed by atoms with Crippen LogP contribution in [0.5, 0.6) is 0 Å². The van der Waals surface area contributed by atoms with Crippen LogP contribution in [0.1, 0.15) is 67.7 Å². The lowest BCUT2D eigenvalue weighted by atomic mass is 9.71. The first-order valence-corrected chi connectivity index (χ1v) is 9.82. The van der Waals surface area contributed by atoms with E-state index in [0.29, 0.717) is 0 Å². The number of amides is 2. The number of nitrogens with zero attached hydrogens (tertiary/aromatic N) is 1. The summed E-state index contributed by atoms with van der Waals surface area (Å²) in [6, 6.07) is -0.125. The Kier molecular flexibility index (Phi) is 7.67. The van der Waals surface area contributed by atoms with Gasteiger partial charge in [0, 0.05) is 6.04 Å². The third-order valence-electron chi connectivity index (χ3n) is 4.69. The van der Waals surface area contributed by atoms with Crippen molar-refractivity contribution in [2.45, 2.75) is 84.9 Å². The molecule has 1 saturated carbocycles. The average molecular weight is 414 g/mol. The summed E-state index contributed by atoms with van der Waals surface area (Å²) in [6.07, 6.45) is 0.0348. The Hall–Kier alpha value is -2.32. The van der Waals surface area contributed by atoms with Crippen LogP contribution in [0, 0.1) is 5.41 Å². The number of aliphatic carboxylic acids is 1. The van der Waals surface area contributed by atoms with Crippen molar-refractivity contribution in [3.05, 3.63) is 0 Å². The molecular formula is C20H34N2O7. The van der Waals surface area contributed by atoms with Crippen LogP contribution in [-0.2, 0) is 23.9 Å². The van der Waals surface area contributed by atoms with Gasteiger partial charge in [0.15, 0.2) is 5.54 Å². The predicted molar refractivity (Wildman–Crippen MR) is 105 cm³/mol. The highest BCUT2D eigenvalue weighted by Crippen LogP contribution is 2.36. The smallest absolute Gasteiger partial charge is 0.408 e. The molecule has 0 aromatic carbocycles. The van der Waals surface area contributed by atoms with E-state index in [1.54, 1.807) is 48.5 Å². The summed E-state index contributed by atoms with van der Waals surface area (Å²) in [5.41, 5.74) is -3.78. The Bertz CT molecular complexity index is 644. The van der Waals surface area contributed by atoms with Gasteiger partial charge < -0.3 is 24.8 Å². The minimum Gasteiger partial charge on any atom is -0.479 e. The fraction of sp³-hybridized carbons (Fsp3) is 0.800. The minimum atomic E-state index is -1.92. The standard InChI is InChI=1S/C20H34N2O7/c1-8-28-15(24)12-22(13-9-10-13)14(23)11-20(16(25)26,18(2,3)4)21-17(27)29-19(5,6)7/h13H,8-12H2,1-7H3,(H,21,27)(H,25,26)/t20-/m0/s1. The molecule has 0 heterocycles. The van der Waals surface area contributed by atoms with Crippen molar-refractivity contribution in [3.8, 4) is 0 Å². The maximum Gasteiger partial charge on any atom is 0.408 e. The third kappa shape index (κ3) is 6.90. The van der Waals surface area contributed by atoms with Crippen molar-refractivity contribution in [2.24, 2.45) is 5.41 Å². The summed E-state index contributed by atoms with van der Waals surface area (Å²) in [7, 11) is 0. The number of carboxylic acids is 1. The Morgan fingerprint density at radius 3 is 2.00 bits per heavy atom. The molecule has 2 amide bonds. The molecule has 9 nitrogen and oxygen atoms in total. The van der Waals surface area contributed by atoms with E-state index in [-0.39, 0.29) is 19.2 Å². The Labute approximate surface area is 172 Å². The monoisotopic (exact) mass is 414 g/mol. The van der Waals surface area contributed by atoms with Crippen molar-refractivity contribution in [3.63, 3.8) is 0 Å². The molecule has 0 unspecified atom stereocenters. The molecule has 0 aromatic heterocycles. The van der Waals surface area contributed by atoms with E-state index >= 15 is 0 Å². The fourth-order valence-corrected chi connectivity index (χ4v) is 2.91. The number of carbonyl (C=O) groups is 4. The molecule has 1 aliphatic rings. The Morgan fingerprint density at radius 1 is 1.07 bits per heavy atom. The summed E-state index contributed by atoms with van der Waals surface area (Å²) in [5.74, 6) is -2.44. The molecule has 9 heteroatoms. The number of nitrogens with one attached hydrogen (secondary N) is 1. The van der Waals surface area contributed by atoms with Crippen LogP contribution in [-0.4, -0.2) is 64.3 Å². The van der Waals surface area contributed by atoms with Crippen LogP contribution in [0.4, 0.5) is 4.79 Å². The van der Waals surface area contributed by atoms with Crippen molar-refractivity contribution >= 4 is 23.9 Å². The molecule has 1 atom stereocenters. The van der Waals surface area contributed by atoms with Crippen molar-refractivity contribution in [1.82, 2.24) is 10.2 Å². The van der Waals surface area contributed by atoms with Crippen LogP contribution >= 0.6 is 0 Å². The number of rotatable bonds is 8. The van der Waals surface area contributed by atoms with E-state index in [0.717, 1.165) is 12.8 Å². The van der Waals surface area contributed by atoms with E-state index in [1.165, 1.54) is 4.90 Å². The van der Waals surface area contributed by atoms with Gasteiger partial charge in [-0.2, -0.15) is 0 Å². The van der Waals surface area contributed by atoms with Crippen LogP contribution in [0.2, 0.25) is 0 Å². The number of carboxylic acid groups (broad SMARTS) is 1. The Balaban J connectivity index is 3.15. The van der Waals surface area contributed by atoms with E-state index in [4.69, 9.17) is 9.47 Å². The van der Waals surface area contributed by atoms with Gasteiger partial charge in [-0.05, 0) is 46.0 Å². The molecule has 0 saturated heterocycles. The van der Waals surface area contributed by atoms with Crippen molar-refractivity contribution in [2.75, 3.05) is 13.2 Å². The van der Waals surface area contributed by atoms with Gasteiger partial charge in [-0.3, -0.25) is 9.59 Å². The number of hydrogen-bond donors (Lipinski definition) is 2. The van der Waals surface area contributed by atoms with E-state index in [1.807, 2.05) is 0 Å². The molecule has 2 N–H and O–H groups in total. The molecule has 1 aliphatic carbocycles. The highest BCUT2D eigenvalue weighted by molar-refractivity contribution is 5.93. The second-order valence-corrected chi connectivity index (χ2v) is 9.32. The zero-order chi connectivity index (χ0) is 22.6. The molecule has 0 aromatic rings. The molecule has 0 radical (unpaired) electrons. The van der Waals surface area contributed by atoms with Gasteiger partial charge in [-0.1, -0.05) is 20.8 Å². The molecule has 1 fully saturated rings. The van der Waals surface area contributed by atoms with Gasteiger partial charge in [0.1, 0.15) is 12.1 Å². The maximum absolute atomic E-state index is 13.1. The van der Waals surface area contributed by atoms with Crippen LogP contribution in [0.15, 0.2) is 0 Å². The molecule has 0 aliphatic heterocycles. The summed E-state index contributed by atoms with van der Waals surface area (Å²) in [5, 5.41) is 12.5. The van der Waals surface area contributed by atoms with E-state index in [2.05, 4.69) is 5.32 Å². The fourth-order valence-electron chi connectivity index (χ4n) is 2.91. The molecule has 0 bridgehead atoms. The first-order valence-electron chi connectivity index (χ1n) is 9.82. The first kappa shape index (κ1) is 24.7. The lowest BCUT2D eigenvalue weighted by molar-refractivity contribution is -0.156. The van der Waals surface area contributed by atoms with Crippen LogP contribution < -0.4 is 5.32 Å². The highest BCUT2D eigenvalue weighted by atomic mass is 16.6. The van der Waals surface area contributed by atoms with Gasteiger partial charge in [-0.25, -0.2) is 9.59 Å². The quantitative estimate of drug-likeness (QED) is 0.584. The first-order chi connectivity index (χ1) is 13.1. The van der Waals surface area contributed by atoms with Crippen molar-refractivity contribution in [1.29, 1.82) is 0 Å². The summed E-state index contributed by atoms with van der Waals surface area (Å²) in [4.78, 5) is 51.0. The lowest BCUT2D eigenvalue weighted by Crippen LogP contribution is -2.65. The topological polar surface area (TPSA) is 122 Å². The Morgan fingerprint density at radius 2 is 1.62 bits per heavy atom. The molecule has 0 spiro atoms. The van der Waals surface area contributed by atoms with Gasteiger partial charge >= 0.3 is 18.0 Å². The SMILES string of the molecule is CCOC(=O)CN(C(=O)C[C@](NC(=O)OC(C)(C)C)(C(=O)O)C(C)(C)C)C1CC1. The van der Waals surface area contributed by atoms with E-state index < -0.39 is 46.9 Å². The van der Waals surface area contributed by atoms with Crippen LogP contribution in [0.25, 0.3) is 0 Å². The van der Waals surface area contributed by atoms with Crippen molar-refractivity contribution < 1.29 is 33.8 Å². The highest BCUT2D eigenvalue weighted by Gasteiger charge is 2.53. The normalized spacial score (nSPS) is 16.4. The molecular weight excluding hydrogens is 380 g/mol. The summed E-state index contributed by atoms with van der Waals surface area (Å²) >= 11 is 0. The van der Waals surface area contributed by atoms with Gasteiger partial charge in [0.25, 0.3) is 0 Å². The minimum absolute atomic E-state index is 0.125. The van der Waals surface area contributed by atoms with Gasteiger partial charge in [0.05, 0.1) is 13.0 Å². The zero-order valence-electron chi connectivity index (χ0n) is 18.5. The second kappa shape index (κ2) is 9.00. The summed E-state index contributed by atoms with van der Waals surface area (Å²) < 4.78 is 10.2. The number of hydrogen-bond acceptors (Lipinski definition) is 6. The number of esters is 1.